The first-order valence-corrected chi connectivity index (χ1v) is 6.11. The number of alkyl halides is 4. The van der Waals surface area contributed by atoms with Gasteiger partial charge in [-0.3, -0.25) is 0 Å². The highest BCUT2D eigenvalue weighted by molar-refractivity contribution is 5.46. The number of anilines is 1. The minimum Gasteiger partial charge on any atom is -0.376 e. The molecule has 21 heavy (non-hydrogen) atoms. The van der Waals surface area contributed by atoms with Crippen LogP contribution in [0.15, 0.2) is 0 Å². The van der Waals surface area contributed by atoms with Gasteiger partial charge in [0.05, 0.1) is 18.9 Å². The molecule has 118 valence electrons. The van der Waals surface area contributed by atoms with Crippen molar-refractivity contribution in [3.8, 4) is 0 Å². The number of fused-ring (bicyclic) bond motifs is 1. The Labute approximate surface area is 117 Å². The normalized spacial score (nSPS) is 15.1. The third-order valence-corrected chi connectivity index (χ3v) is 2.85. The van der Waals surface area contributed by atoms with Crippen LogP contribution in [0.1, 0.15) is 17.1 Å². The minimum absolute atomic E-state index is 0.0914. The summed E-state index contributed by atoms with van der Waals surface area (Å²) in [5.41, 5.74) is 3.72. The summed E-state index contributed by atoms with van der Waals surface area (Å²) >= 11 is 0. The number of aromatic nitrogens is 2. The zero-order valence-electron chi connectivity index (χ0n) is 10.9. The molecule has 0 fully saturated rings. The van der Waals surface area contributed by atoms with E-state index in [-0.39, 0.29) is 5.82 Å². The van der Waals surface area contributed by atoms with Gasteiger partial charge in [0.15, 0.2) is 5.82 Å². The van der Waals surface area contributed by atoms with Gasteiger partial charge >= 0.3 is 12.3 Å². The first-order valence-electron chi connectivity index (χ1n) is 6.11. The maximum atomic E-state index is 12.7. The summed E-state index contributed by atoms with van der Waals surface area (Å²) in [6.07, 6.45) is -3.26. The number of ether oxygens (including phenoxy) is 2. The van der Waals surface area contributed by atoms with Gasteiger partial charge in [-0.25, -0.2) is 24.6 Å². The van der Waals surface area contributed by atoms with Crippen molar-refractivity contribution in [3.63, 3.8) is 0 Å². The third kappa shape index (κ3) is 3.77. The van der Waals surface area contributed by atoms with Crippen molar-refractivity contribution in [3.05, 3.63) is 17.1 Å². The second-order valence-corrected chi connectivity index (χ2v) is 4.42. The van der Waals surface area contributed by atoms with E-state index in [0.717, 1.165) is 0 Å². The zero-order valence-corrected chi connectivity index (χ0v) is 10.9. The van der Waals surface area contributed by atoms with Crippen LogP contribution < -0.4 is 11.3 Å². The molecule has 0 atom stereocenters. The first-order chi connectivity index (χ1) is 9.94. The molecule has 1 aromatic heterocycles. The molecule has 0 bridgehead atoms. The highest BCUT2D eigenvalue weighted by atomic mass is 19.3. The molecule has 0 spiro atoms. The molecule has 1 aliphatic heterocycles. The minimum atomic E-state index is -4.20. The number of halogens is 4. The Bertz CT molecular complexity index is 484. The molecule has 0 saturated heterocycles. The van der Waals surface area contributed by atoms with Crippen LogP contribution in [0.2, 0.25) is 0 Å². The molecule has 0 aliphatic carbocycles. The van der Waals surface area contributed by atoms with Crippen molar-refractivity contribution in [1.82, 2.24) is 9.97 Å². The molecule has 3 N–H and O–H groups in total. The number of hydrogen-bond acceptors (Lipinski definition) is 6. The van der Waals surface area contributed by atoms with E-state index in [4.69, 9.17) is 10.6 Å². The van der Waals surface area contributed by atoms with Gasteiger partial charge in [-0.1, -0.05) is 0 Å². The van der Waals surface area contributed by atoms with Crippen LogP contribution in [0.4, 0.5) is 23.4 Å². The lowest BCUT2D eigenvalue weighted by Gasteiger charge is -2.19. The molecular weight excluding hydrogens is 296 g/mol. The van der Waals surface area contributed by atoms with Crippen LogP contribution in [0.3, 0.4) is 0 Å². The Morgan fingerprint density at radius 1 is 1.38 bits per heavy atom. The molecule has 0 aromatic carbocycles. The SMILES string of the molecule is NNc1nc(COCC(F)(F)C(F)F)nc2c1COCC2. The summed E-state index contributed by atoms with van der Waals surface area (Å²) in [7, 11) is 0. The molecule has 1 aromatic rings. The molecule has 2 heterocycles. The molecule has 0 amide bonds. The average Bonchev–Trinajstić information content (AvgIpc) is 2.46. The number of nitrogen functional groups attached to an aromatic ring is 1. The Hall–Kier alpha value is -1.52. The van der Waals surface area contributed by atoms with Crippen molar-refractivity contribution in [1.29, 1.82) is 0 Å². The Kier molecular flexibility index (Phi) is 4.91. The van der Waals surface area contributed by atoms with Crippen LogP contribution >= 0.6 is 0 Å². The summed E-state index contributed by atoms with van der Waals surface area (Å²) < 4.78 is 59.2. The fourth-order valence-corrected chi connectivity index (χ4v) is 1.81. The smallest absolute Gasteiger partial charge is 0.330 e. The second-order valence-electron chi connectivity index (χ2n) is 4.42. The van der Waals surface area contributed by atoms with Crippen molar-refractivity contribution >= 4 is 5.82 Å². The maximum Gasteiger partial charge on any atom is 0.330 e. The lowest BCUT2D eigenvalue weighted by Crippen LogP contribution is -2.32. The lowest BCUT2D eigenvalue weighted by atomic mass is 10.1. The maximum absolute atomic E-state index is 12.7. The number of nitrogens with zero attached hydrogens (tertiary/aromatic N) is 2. The zero-order chi connectivity index (χ0) is 15.5. The van der Waals surface area contributed by atoms with E-state index in [9.17, 15) is 17.6 Å². The average molecular weight is 310 g/mol. The van der Waals surface area contributed by atoms with Crippen molar-refractivity contribution < 1.29 is 27.0 Å². The number of nitrogens with one attached hydrogen (secondary N) is 1. The van der Waals surface area contributed by atoms with E-state index in [1.54, 1.807) is 0 Å². The Morgan fingerprint density at radius 3 is 2.81 bits per heavy atom. The van der Waals surface area contributed by atoms with Crippen molar-refractivity contribution in [2.45, 2.75) is 32.0 Å². The third-order valence-electron chi connectivity index (χ3n) is 2.85. The van der Waals surface area contributed by atoms with E-state index in [1.165, 1.54) is 0 Å². The standard InChI is InChI=1S/C11H14F4N4O2/c12-10(13)11(14,15)5-21-4-8-17-7-1-2-20-3-6(7)9(18-8)19-16/h10H,1-5,16H2,(H,17,18,19). The molecular formula is C11H14F4N4O2. The molecule has 6 nitrogen and oxygen atoms in total. The Morgan fingerprint density at radius 2 is 2.14 bits per heavy atom. The predicted octanol–water partition coefficient (Wildman–Crippen LogP) is 1.25. The second kappa shape index (κ2) is 6.50. The van der Waals surface area contributed by atoms with Crippen LogP contribution in [-0.4, -0.2) is 35.5 Å². The summed E-state index contributed by atoms with van der Waals surface area (Å²) in [6, 6.07) is 0. The van der Waals surface area contributed by atoms with E-state index in [0.29, 0.717) is 36.7 Å². The first kappa shape index (κ1) is 15.9. The number of hydrazine groups is 1. The molecule has 1 aliphatic rings. The van der Waals surface area contributed by atoms with Crippen molar-refractivity contribution in [2.75, 3.05) is 18.6 Å². The van der Waals surface area contributed by atoms with Crippen LogP contribution in [0, 0.1) is 0 Å². The topological polar surface area (TPSA) is 82.3 Å². The van der Waals surface area contributed by atoms with Crippen LogP contribution in [-0.2, 0) is 29.1 Å². The summed E-state index contributed by atoms with van der Waals surface area (Å²) in [6.45, 7) is -1.05. The van der Waals surface area contributed by atoms with E-state index in [1.807, 2.05) is 0 Å². The molecule has 0 unspecified atom stereocenters. The predicted molar refractivity (Wildman–Crippen MR) is 63.8 cm³/mol. The van der Waals surface area contributed by atoms with Gasteiger partial charge in [0.1, 0.15) is 19.0 Å². The quantitative estimate of drug-likeness (QED) is 0.467. The van der Waals surface area contributed by atoms with Gasteiger partial charge < -0.3 is 14.9 Å². The largest absolute Gasteiger partial charge is 0.376 e. The van der Waals surface area contributed by atoms with Crippen LogP contribution in [0.5, 0.6) is 0 Å². The summed E-state index contributed by atoms with van der Waals surface area (Å²) in [5.74, 6) is 1.52. The Balaban J connectivity index is 2.04. The van der Waals surface area contributed by atoms with Gasteiger partial charge in [0.25, 0.3) is 0 Å². The number of nitrogens with two attached hydrogens (primary N) is 1. The van der Waals surface area contributed by atoms with Gasteiger partial charge in [-0.05, 0) is 0 Å². The van der Waals surface area contributed by atoms with Gasteiger partial charge in [0.2, 0.25) is 0 Å². The van der Waals surface area contributed by atoms with E-state index >= 15 is 0 Å². The fraction of sp³-hybridized carbons (Fsp3) is 0.636. The van der Waals surface area contributed by atoms with Gasteiger partial charge in [-0.2, -0.15) is 8.78 Å². The number of rotatable bonds is 6. The van der Waals surface area contributed by atoms with Crippen molar-refractivity contribution in [2.24, 2.45) is 5.84 Å². The monoisotopic (exact) mass is 310 g/mol. The molecule has 0 saturated carbocycles. The summed E-state index contributed by atoms with van der Waals surface area (Å²) in [4.78, 5) is 8.13. The van der Waals surface area contributed by atoms with Crippen LogP contribution in [0.25, 0.3) is 0 Å². The number of hydrogen-bond donors (Lipinski definition) is 2. The van der Waals surface area contributed by atoms with E-state index < -0.39 is 25.6 Å². The molecule has 10 heteroatoms. The molecule has 2 rings (SSSR count). The van der Waals surface area contributed by atoms with Gasteiger partial charge in [0, 0.05) is 12.0 Å². The highest BCUT2D eigenvalue weighted by Crippen LogP contribution is 2.24. The molecule has 0 radical (unpaired) electrons. The van der Waals surface area contributed by atoms with E-state index in [2.05, 4.69) is 20.1 Å². The fourth-order valence-electron chi connectivity index (χ4n) is 1.81. The highest BCUT2D eigenvalue weighted by Gasteiger charge is 2.41. The van der Waals surface area contributed by atoms with Gasteiger partial charge in [-0.15, -0.1) is 0 Å². The summed E-state index contributed by atoms with van der Waals surface area (Å²) in [5, 5.41) is 0. The lowest BCUT2D eigenvalue weighted by molar-refractivity contribution is -0.168.